The smallest absolute Gasteiger partial charge is 0.424 e. The van der Waals surface area contributed by atoms with E-state index in [0.29, 0.717) is 6.32 Å². The van der Waals surface area contributed by atoms with Gasteiger partial charge in [0.2, 0.25) is 0 Å². The number of rotatable bonds is 2. The summed E-state index contributed by atoms with van der Waals surface area (Å²) >= 11 is 0. The lowest BCUT2D eigenvalue weighted by Crippen LogP contribution is -2.05. The van der Waals surface area contributed by atoms with E-state index in [1.54, 1.807) is 0 Å². The van der Waals surface area contributed by atoms with Crippen LogP contribution in [0.15, 0.2) is 12.1 Å². The second-order valence-electron chi connectivity index (χ2n) is 1.08. The molecule has 0 saturated carbocycles. The first-order chi connectivity index (χ1) is 3.27. The van der Waals surface area contributed by atoms with Crippen LogP contribution < -0.4 is 0 Å². The molecule has 0 aromatic rings. The molecule has 0 saturated heterocycles. The van der Waals surface area contributed by atoms with E-state index in [4.69, 9.17) is 17.9 Å². The SMILES string of the molecule is [B]C/C=C/B(O)O. The molecule has 2 radical (unpaired) electrons. The topological polar surface area (TPSA) is 40.5 Å². The van der Waals surface area contributed by atoms with Gasteiger partial charge in [0.1, 0.15) is 0 Å². The van der Waals surface area contributed by atoms with Crippen molar-refractivity contribution in [2.75, 3.05) is 0 Å². The summed E-state index contributed by atoms with van der Waals surface area (Å²) in [6.07, 6.45) is 1.82. The molecule has 7 heavy (non-hydrogen) atoms. The quantitative estimate of drug-likeness (QED) is 0.439. The third-order valence-corrected chi connectivity index (χ3v) is 0.444. The normalized spacial score (nSPS) is 10.0. The lowest BCUT2D eigenvalue weighted by atomic mass is 9.89. The van der Waals surface area contributed by atoms with Gasteiger partial charge in [0.15, 0.2) is 0 Å². The zero-order chi connectivity index (χ0) is 5.70. The third-order valence-electron chi connectivity index (χ3n) is 0.444. The Morgan fingerprint density at radius 2 is 2.14 bits per heavy atom. The van der Waals surface area contributed by atoms with E-state index in [1.807, 2.05) is 0 Å². The molecule has 0 unspecified atom stereocenters. The molecule has 0 heterocycles. The summed E-state index contributed by atoms with van der Waals surface area (Å²) in [7, 11) is 3.61. The number of hydrogen-bond acceptors (Lipinski definition) is 2. The highest BCUT2D eigenvalue weighted by atomic mass is 16.4. The highest BCUT2D eigenvalue weighted by Crippen LogP contribution is 1.76. The Balaban J connectivity index is 3.08. The van der Waals surface area contributed by atoms with Crippen LogP contribution >= 0.6 is 0 Å². The summed E-state index contributed by atoms with van der Waals surface area (Å²) in [5.74, 6) is 1.21. The monoisotopic (exact) mass is 96.1 g/mol. The van der Waals surface area contributed by atoms with Crippen molar-refractivity contribution in [2.45, 2.75) is 6.32 Å². The van der Waals surface area contributed by atoms with E-state index in [-0.39, 0.29) is 0 Å². The van der Waals surface area contributed by atoms with Crippen LogP contribution in [0.5, 0.6) is 0 Å². The Hall–Kier alpha value is -0.210. The highest BCUT2D eigenvalue weighted by molar-refractivity contribution is 6.47. The van der Waals surface area contributed by atoms with Gasteiger partial charge in [0.05, 0.1) is 7.85 Å². The summed E-state index contributed by atoms with van der Waals surface area (Å²) < 4.78 is 0. The van der Waals surface area contributed by atoms with Gasteiger partial charge in [-0.15, -0.1) is 6.08 Å². The summed E-state index contributed by atoms with van der Waals surface area (Å²) in [5.41, 5.74) is 0. The lowest BCUT2D eigenvalue weighted by Gasteiger charge is -1.81. The maximum atomic E-state index is 8.10. The molecular formula is C3H6B2O2. The van der Waals surface area contributed by atoms with E-state index in [2.05, 4.69) is 0 Å². The molecule has 0 aliphatic heterocycles. The maximum Gasteiger partial charge on any atom is 0.480 e. The Labute approximate surface area is 44.4 Å². The molecule has 36 valence electrons. The van der Waals surface area contributed by atoms with Crippen molar-refractivity contribution in [1.82, 2.24) is 0 Å². The predicted octanol–water partition coefficient (Wildman–Crippen LogP) is -0.859. The number of hydrogen-bond donors (Lipinski definition) is 2. The van der Waals surface area contributed by atoms with Crippen LogP contribution in [0.1, 0.15) is 0 Å². The van der Waals surface area contributed by atoms with Gasteiger partial charge < -0.3 is 10.0 Å². The second kappa shape index (κ2) is 3.96. The molecule has 0 aliphatic carbocycles. The van der Waals surface area contributed by atoms with Gasteiger partial charge in [-0.1, -0.05) is 12.3 Å². The minimum atomic E-state index is -1.36. The highest BCUT2D eigenvalue weighted by Gasteiger charge is 1.94. The Kier molecular flexibility index (Phi) is 3.84. The van der Waals surface area contributed by atoms with E-state index in [9.17, 15) is 0 Å². The van der Waals surface area contributed by atoms with Crippen molar-refractivity contribution >= 4 is 15.0 Å². The van der Waals surface area contributed by atoms with E-state index >= 15 is 0 Å². The van der Waals surface area contributed by atoms with E-state index in [0.717, 1.165) is 0 Å². The Morgan fingerprint density at radius 3 is 2.29 bits per heavy atom. The molecule has 2 nitrogen and oxygen atoms in total. The fraction of sp³-hybridized carbons (Fsp3) is 0.333. The lowest BCUT2D eigenvalue weighted by molar-refractivity contribution is 0.424. The van der Waals surface area contributed by atoms with Crippen LogP contribution in [-0.2, 0) is 0 Å². The average Bonchev–Trinajstić information content (AvgIpc) is 1.61. The van der Waals surface area contributed by atoms with E-state index < -0.39 is 7.12 Å². The first kappa shape index (κ1) is 6.79. The third kappa shape index (κ3) is 5.79. The molecule has 0 aliphatic rings. The van der Waals surface area contributed by atoms with Crippen molar-refractivity contribution in [3.05, 3.63) is 12.1 Å². The Morgan fingerprint density at radius 1 is 1.57 bits per heavy atom. The van der Waals surface area contributed by atoms with Gasteiger partial charge in [-0.25, -0.2) is 0 Å². The van der Waals surface area contributed by atoms with Gasteiger partial charge >= 0.3 is 7.12 Å². The number of allylic oxidation sites excluding steroid dienone is 1. The van der Waals surface area contributed by atoms with Crippen molar-refractivity contribution < 1.29 is 10.0 Å². The largest absolute Gasteiger partial charge is 0.480 e. The molecule has 0 bridgehead atoms. The first-order valence-electron chi connectivity index (χ1n) is 2.00. The molecule has 4 heteroatoms. The molecule has 0 atom stereocenters. The minimum Gasteiger partial charge on any atom is -0.424 e. The summed E-state index contributed by atoms with van der Waals surface area (Å²) in [5, 5.41) is 16.2. The van der Waals surface area contributed by atoms with Crippen molar-refractivity contribution in [2.24, 2.45) is 0 Å². The van der Waals surface area contributed by atoms with Crippen LogP contribution in [0.4, 0.5) is 0 Å². The van der Waals surface area contributed by atoms with Gasteiger partial charge in [0, 0.05) is 0 Å². The molecular weight excluding hydrogens is 89.7 g/mol. The zero-order valence-electron chi connectivity index (χ0n) is 3.91. The molecule has 0 spiro atoms. The van der Waals surface area contributed by atoms with Gasteiger partial charge in [-0.05, 0) is 0 Å². The average molecular weight is 95.7 g/mol. The van der Waals surface area contributed by atoms with Crippen LogP contribution in [0.2, 0.25) is 6.32 Å². The van der Waals surface area contributed by atoms with Crippen LogP contribution in [0.25, 0.3) is 0 Å². The van der Waals surface area contributed by atoms with Crippen molar-refractivity contribution in [3.63, 3.8) is 0 Å². The fourth-order valence-corrected chi connectivity index (χ4v) is 0.200. The molecule has 0 amide bonds. The molecule has 0 aromatic heterocycles. The fourth-order valence-electron chi connectivity index (χ4n) is 0.200. The van der Waals surface area contributed by atoms with Gasteiger partial charge in [0.25, 0.3) is 0 Å². The first-order valence-corrected chi connectivity index (χ1v) is 2.00. The second-order valence-corrected chi connectivity index (χ2v) is 1.08. The van der Waals surface area contributed by atoms with Crippen LogP contribution in [0, 0.1) is 0 Å². The zero-order valence-corrected chi connectivity index (χ0v) is 3.91. The van der Waals surface area contributed by atoms with Crippen LogP contribution in [-0.4, -0.2) is 25.0 Å². The van der Waals surface area contributed by atoms with E-state index in [1.165, 1.54) is 12.1 Å². The Bertz CT molecular complexity index is 62.0. The minimum absolute atomic E-state index is 0.345. The molecule has 0 rings (SSSR count). The summed E-state index contributed by atoms with van der Waals surface area (Å²) in [6.45, 7) is 0. The molecule has 0 aromatic carbocycles. The van der Waals surface area contributed by atoms with Crippen molar-refractivity contribution in [1.29, 1.82) is 0 Å². The predicted molar refractivity (Wildman–Crippen MR) is 29.9 cm³/mol. The van der Waals surface area contributed by atoms with Crippen molar-refractivity contribution in [3.8, 4) is 0 Å². The maximum absolute atomic E-state index is 8.10. The molecule has 2 N–H and O–H groups in total. The van der Waals surface area contributed by atoms with Gasteiger partial charge in [-0.3, -0.25) is 0 Å². The summed E-state index contributed by atoms with van der Waals surface area (Å²) in [4.78, 5) is 0. The molecule has 0 fully saturated rings. The van der Waals surface area contributed by atoms with Crippen LogP contribution in [0.3, 0.4) is 0 Å². The van der Waals surface area contributed by atoms with Gasteiger partial charge in [-0.2, -0.15) is 0 Å². The standard InChI is InChI=1S/C3H6B2O2/c4-2-1-3-5(6)7/h1,3,6-7H,2H2/b3-1+. The summed E-state index contributed by atoms with van der Waals surface area (Å²) in [6, 6.07) is 0.